The second-order valence-electron chi connectivity index (χ2n) is 8.23. The quantitative estimate of drug-likeness (QED) is 0.534. The van der Waals surface area contributed by atoms with Gasteiger partial charge in [0.25, 0.3) is 0 Å². The lowest BCUT2D eigenvalue weighted by Gasteiger charge is -2.27. The third-order valence-electron chi connectivity index (χ3n) is 5.97. The summed E-state index contributed by atoms with van der Waals surface area (Å²) >= 11 is 0. The highest BCUT2D eigenvalue weighted by Crippen LogP contribution is 2.36. The number of carbonyl (C=O) groups excluding carboxylic acids is 2. The zero-order valence-corrected chi connectivity index (χ0v) is 18.6. The fraction of sp³-hybridized carbons (Fsp3) is 0.280. The van der Waals surface area contributed by atoms with Gasteiger partial charge in [-0.15, -0.1) is 0 Å². The molecular formula is C25H23FN4O5. The van der Waals surface area contributed by atoms with E-state index in [1.807, 2.05) is 0 Å². The molecule has 2 aliphatic heterocycles. The van der Waals surface area contributed by atoms with Gasteiger partial charge in [-0.2, -0.15) is 4.98 Å². The Kier molecular flexibility index (Phi) is 6.28. The molecule has 1 saturated heterocycles. The minimum Gasteiger partial charge on any atom is -0.459 e. The molecule has 0 spiro atoms. The molecule has 3 aromatic rings. The molecule has 0 saturated carbocycles. The summed E-state index contributed by atoms with van der Waals surface area (Å²) in [6.45, 7) is 0.123. The number of rotatable bonds is 6. The Labute approximate surface area is 200 Å². The number of anilines is 2. The maximum atomic E-state index is 15.8. The number of benzene rings is 2. The maximum Gasteiger partial charge on any atom is 0.338 e. The third-order valence-corrected chi connectivity index (χ3v) is 5.97. The maximum absolute atomic E-state index is 15.8. The van der Waals surface area contributed by atoms with Crippen molar-refractivity contribution in [1.82, 2.24) is 9.97 Å². The van der Waals surface area contributed by atoms with Gasteiger partial charge in [-0.05, 0) is 30.7 Å². The van der Waals surface area contributed by atoms with Crippen LogP contribution in [0.15, 0.2) is 66.9 Å². The molecule has 0 radical (unpaired) electrons. The smallest absolute Gasteiger partial charge is 0.338 e. The number of alkyl halides is 1. The summed E-state index contributed by atoms with van der Waals surface area (Å²) in [6, 6.07) is 16.7. The van der Waals surface area contributed by atoms with Gasteiger partial charge in [0.15, 0.2) is 18.5 Å². The van der Waals surface area contributed by atoms with E-state index in [1.54, 1.807) is 71.8 Å². The minimum absolute atomic E-state index is 0.0597. The highest BCUT2D eigenvalue weighted by Gasteiger charge is 2.52. The highest BCUT2D eigenvalue weighted by molar-refractivity contribution is 5.90. The monoisotopic (exact) mass is 478 g/mol. The van der Waals surface area contributed by atoms with E-state index < -0.39 is 36.5 Å². The van der Waals surface area contributed by atoms with Crippen LogP contribution in [0.3, 0.4) is 0 Å². The molecule has 10 heteroatoms. The molecule has 35 heavy (non-hydrogen) atoms. The van der Waals surface area contributed by atoms with E-state index in [-0.39, 0.29) is 18.1 Å². The largest absolute Gasteiger partial charge is 0.459 e. The van der Waals surface area contributed by atoms with Gasteiger partial charge < -0.3 is 24.8 Å². The van der Waals surface area contributed by atoms with Crippen molar-refractivity contribution < 1.29 is 28.2 Å². The lowest BCUT2D eigenvalue weighted by molar-refractivity contribution is -0.0426. The number of aromatic nitrogens is 2. The van der Waals surface area contributed by atoms with E-state index >= 15 is 4.39 Å². The molecule has 3 heterocycles. The molecule has 1 fully saturated rings. The minimum atomic E-state index is -1.73. The van der Waals surface area contributed by atoms with Crippen LogP contribution in [0.2, 0.25) is 0 Å². The average Bonchev–Trinajstić information content (AvgIpc) is 3.43. The number of nitrogens with zero attached hydrogens (tertiary/aromatic N) is 3. The molecule has 9 nitrogen and oxygen atoms in total. The second-order valence-corrected chi connectivity index (χ2v) is 8.23. The molecule has 180 valence electrons. The molecule has 2 aromatic carbocycles. The van der Waals surface area contributed by atoms with Crippen LogP contribution in [-0.4, -0.2) is 59.7 Å². The second kappa shape index (κ2) is 9.67. The molecule has 0 amide bonds. The van der Waals surface area contributed by atoms with Crippen LogP contribution in [0.5, 0.6) is 0 Å². The van der Waals surface area contributed by atoms with E-state index in [1.165, 1.54) is 0 Å². The standard InChI is InChI=1S/C25H23FN4O5/c26-19-20(35-24(32)16-9-5-2-6-10-16)18(14-33-23(31)15-7-3-1-4-8-15)34-22(19)30-12-11-17-13-28-25(27)29-21(17)30/h1-10,13,18-20,22H,11-12,14H2,(H2,27,28,29)/t18-,19+,20-,22-/m1/s1. The van der Waals surface area contributed by atoms with Gasteiger partial charge in [0.1, 0.15) is 18.5 Å². The predicted molar refractivity (Wildman–Crippen MR) is 123 cm³/mol. The first kappa shape index (κ1) is 22.7. The number of fused-ring (bicyclic) bond motifs is 1. The van der Waals surface area contributed by atoms with Crippen molar-refractivity contribution in [3.05, 3.63) is 83.6 Å². The van der Waals surface area contributed by atoms with Gasteiger partial charge in [0.05, 0.1) is 11.1 Å². The summed E-state index contributed by atoms with van der Waals surface area (Å²) in [6.07, 6.45) is -2.99. The van der Waals surface area contributed by atoms with Crippen LogP contribution in [0, 0.1) is 0 Å². The highest BCUT2D eigenvalue weighted by atomic mass is 19.1. The fourth-order valence-electron chi connectivity index (χ4n) is 4.23. The van der Waals surface area contributed by atoms with Gasteiger partial charge in [-0.25, -0.2) is 19.0 Å². The first-order valence-electron chi connectivity index (χ1n) is 11.2. The topological polar surface area (TPSA) is 117 Å². The Balaban J connectivity index is 1.36. The Bertz CT molecular complexity index is 1210. The van der Waals surface area contributed by atoms with E-state index in [0.29, 0.717) is 24.3 Å². The number of halogens is 1. The van der Waals surface area contributed by atoms with E-state index in [0.717, 1.165) is 5.56 Å². The van der Waals surface area contributed by atoms with Gasteiger partial charge in [0, 0.05) is 18.3 Å². The van der Waals surface area contributed by atoms with Gasteiger partial charge in [0.2, 0.25) is 5.95 Å². The molecule has 2 aliphatic rings. The summed E-state index contributed by atoms with van der Waals surface area (Å²) in [4.78, 5) is 35.0. The number of ether oxygens (including phenoxy) is 3. The van der Waals surface area contributed by atoms with Crippen molar-refractivity contribution in [3.8, 4) is 0 Å². The lowest BCUT2D eigenvalue weighted by Crippen LogP contribution is -2.43. The molecule has 0 aliphatic carbocycles. The molecule has 0 bridgehead atoms. The van der Waals surface area contributed by atoms with Crippen molar-refractivity contribution in [3.63, 3.8) is 0 Å². The molecule has 2 N–H and O–H groups in total. The van der Waals surface area contributed by atoms with Crippen LogP contribution >= 0.6 is 0 Å². The Morgan fingerprint density at radius 2 is 1.71 bits per heavy atom. The Hall–Kier alpha value is -4.05. The van der Waals surface area contributed by atoms with Gasteiger partial charge in [-0.3, -0.25) is 0 Å². The number of nitrogens with two attached hydrogens (primary N) is 1. The number of hydrogen-bond donors (Lipinski definition) is 1. The van der Waals surface area contributed by atoms with E-state index in [9.17, 15) is 9.59 Å². The van der Waals surface area contributed by atoms with Gasteiger partial charge >= 0.3 is 11.9 Å². The van der Waals surface area contributed by atoms with Crippen LogP contribution < -0.4 is 10.6 Å². The molecule has 5 rings (SSSR count). The first-order valence-corrected chi connectivity index (χ1v) is 11.2. The summed E-state index contributed by atoms with van der Waals surface area (Å²) in [5, 5.41) is 0. The molecular weight excluding hydrogens is 455 g/mol. The zero-order chi connectivity index (χ0) is 24.4. The zero-order valence-electron chi connectivity index (χ0n) is 18.6. The summed E-state index contributed by atoms with van der Waals surface area (Å²) < 4.78 is 32.7. The van der Waals surface area contributed by atoms with Crippen molar-refractivity contribution in [2.75, 3.05) is 23.8 Å². The van der Waals surface area contributed by atoms with Crippen molar-refractivity contribution in [2.45, 2.75) is 31.0 Å². The van der Waals surface area contributed by atoms with Crippen molar-refractivity contribution >= 4 is 23.7 Å². The third kappa shape index (κ3) is 4.65. The first-order chi connectivity index (χ1) is 17.0. The summed E-state index contributed by atoms with van der Waals surface area (Å²) in [7, 11) is 0. The van der Waals surface area contributed by atoms with E-state index in [2.05, 4.69) is 9.97 Å². The Morgan fingerprint density at radius 3 is 2.40 bits per heavy atom. The van der Waals surface area contributed by atoms with Crippen molar-refractivity contribution in [2.24, 2.45) is 0 Å². The number of nitrogen functional groups attached to an aromatic ring is 1. The number of hydrogen-bond acceptors (Lipinski definition) is 9. The lowest BCUT2D eigenvalue weighted by atomic mass is 10.1. The summed E-state index contributed by atoms with van der Waals surface area (Å²) in [5.74, 6) is -0.756. The fourth-order valence-corrected chi connectivity index (χ4v) is 4.23. The average molecular weight is 478 g/mol. The van der Waals surface area contributed by atoms with Crippen LogP contribution in [0.25, 0.3) is 0 Å². The van der Waals surface area contributed by atoms with Crippen LogP contribution in [0.4, 0.5) is 16.2 Å². The normalized spacial score (nSPS) is 23.1. The van der Waals surface area contributed by atoms with Gasteiger partial charge in [-0.1, -0.05) is 36.4 Å². The number of esters is 2. The van der Waals surface area contributed by atoms with E-state index in [4.69, 9.17) is 19.9 Å². The van der Waals surface area contributed by atoms with Crippen LogP contribution in [-0.2, 0) is 20.6 Å². The SMILES string of the molecule is Nc1ncc2c(n1)N([C@@H]1O[C@H](COC(=O)c3ccccc3)[C@@H](OC(=O)c3ccccc3)[C@@H]1F)CC2. The molecule has 4 atom stereocenters. The molecule has 0 unspecified atom stereocenters. The van der Waals surface area contributed by atoms with Crippen LogP contribution in [0.1, 0.15) is 26.3 Å². The Morgan fingerprint density at radius 1 is 1.06 bits per heavy atom. The number of carbonyl (C=O) groups is 2. The predicted octanol–water partition coefficient (Wildman–Crippen LogP) is 2.57. The van der Waals surface area contributed by atoms with Crippen molar-refractivity contribution in [1.29, 1.82) is 0 Å². The molecule has 1 aromatic heterocycles. The summed E-state index contributed by atoms with van der Waals surface area (Å²) in [5.41, 5.74) is 7.17.